The van der Waals surface area contributed by atoms with Crippen LogP contribution in [0.15, 0.2) is 6.07 Å². The van der Waals surface area contributed by atoms with Crippen LogP contribution in [0.5, 0.6) is 0 Å². The highest BCUT2D eigenvalue weighted by molar-refractivity contribution is 5.79. The number of nitrogens with one attached hydrogen (secondary N) is 1. The van der Waals surface area contributed by atoms with E-state index in [1.54, 1.807) is 0 Å². The largest absolute Gasteiger partial charge is 0.387 e. The molecule has 0 aliphatic rings. The third-order valence-electron chi connectivity index (χ3n) is 2.83. The Balaban J connectivity index is 2.61. The molecule has 3 N–H and O–H groups in total. The van der Waals surface area contributed by atoms with Gasteiger partial charge in [0.2, 0.25) is 0 Å². The van der Waals surface area contributed by atoms with Crippen molar-refractivity contribution >= 4 is 5.84 Å². The van der Waals surface area contributed by atoms with Gasteiger partial charge < -0.3 is 5.73 Å². The molecule has 0 aromatic carbocycles. The summed E-state index contributed by atoms with van der Waals surface area (Å²) >= 11 is 0. The first-order valence-corrected chi connectivity index (χ1v) is 5.99. The Bertz CT molecular complexity index is 382. The van der Waals surface area contributed by atoms with Crippen molar-refractivity contribution in [2.45, 2.75) is 33.9 Å². The maximum Gasteiger partial charge on any atom is 0.0947 e. The zero-order valence-corrected chi connectivity index (χ0v) is 11.2. The topological polar surface area (TPSA) is 70.9 Å². The lowest BCUT2D eigenvalue weighted by molar-refractivity contribution is 0.296. The Morgan fingerprint density at radius 2 is 2.29 bits per heavy atom. The van der Waals surface area contributed by atoms with Crippen LogP contribution in [-0.2, 0) is 13.1 Å². The van der Waals surface area contributed by atoms with Gasteiger partial charge >= 0.3 is 0 Å². The average Bonchev–Trinajstić information content (AvgIpc) is 2.58. The molecule has 0 radical (unpaired) electrons. The number of amidine groups is 1. The normalized spacial score (nSPS) is 13.0. The summed E-state index contributed by atoms with van der Waals surface area (Å²) in [6.45, 7) is 8.60. The smallest absolute Gasteiger partial charge is 0.0947 e. The molecule has 5 heteroatoms. The number of hydrogen-bond donors (Lipinski definition) is 2. The quantitative estimate of drug-likeness (QED) is 0.577. The van der Waals surface area contributed by atoms with Crippen molar-refractivity contribution in [2.75, 3.05) is 13.6 Å². The van der Waals surface area contributed by atoms with Crippen LogP contribution in [0.4, 0.5) is 0 Å². The van der Waals surface area contributed by atoms with Gasteiger partial charge in [-0.2, -0.15) is 5.10 Å². The van der Waals surface area contributed by atoms with Gasteiger partial charge in [-0.15, -0.1) is 0 Å². The van der Waals surface area contributed by atoms with E-state index in [0.717, 1.165) is 25.3 Å². The van der Waals surface area contributed by atoms with E-state index in [9.17, 15) is 0 Å². The van der Waals surface area contributed by atoms with E-state index in [1.165, 1.54) is 5.69 Å². The van der Waals surface area contributed by atoms with E-state index in [4.69, 9.17) is 11.1 Å². The van der Waals surface area contributed by atoms with Crippen molar-refractivity contribution in [1.82, 2.24) is 14.7 Å². The molecule has 0 spiro atoms. The lowest BCUT2D eigenvalue weighted by Gasteiger charge is -2.20. The van der Waals surface area contributed by atoms with E-state index in [0.29, 0.717) is 0 Å². The number of hydrogen-bond acceptors (Lipinski definition) is 3. The molecule has 1 aromatic rings. The van der Waals surface area contributed by atoms with Gasteiger partial charge in [0.1, 0.15) is 0 Å². The molecule has 1 heterocycles. The van der Waals surface area contributed by atoms with Crippen LogP contribution in [0.2, 0.25) is 0 Å². The molecule has 5 nitrogen and oxygen atoms in total. The second kappa shape index (κ2) is 5.82. The van der Waals surface area contributed by atoms with Gasteiger partial charge in [-0.25, -0.2) is 0 Å². The molecular weight excluding hydrogens is 214 g/mol. The second-order valence-electron chi connectivity index (χ2n) is 4.65. The van der Waals surface area contributed by atoms with Crippen LogP contribution in [0.25, 0.3) is 0 Å². The number of nitrogens with zero attached hydrogens (tertiary/aromatic N) is 3. The molecule has 1 rings (SSSR count). The molecule has 0 saturated heterocycles. The lowest BCUT2D eigenvalue weighted by atomic mass is 10.1. The first-order valence-electron chi connectivity index (χ1n) is 5.99. The monoisotopic (exact) mass is 237 g/mol. The summed E-state index contributed by atoms with van der Waals surface area (Å²) in [5.41, 5.74) is 7.74. The summed E-state index contributed by atoms with van der Waals surface area (Å²) in [4.78, 5) is 2.18. The summed E-state index contributed by atoms with van der Waals surface area (Å²) < 4.78 is 2.02. The minimum absolute atomic E-state index is 0.0964. The molecule has 0 amide bonds. The summed E-state index contributed by atoms with van der Waals surface area (Å²) in [5.74, 6) is 0.344. The molecule has 1 aromatic heterocycles. The van der Waals surface area contributed by atoms with E-state index in [2.05, 4.69) is 23.0 Å². The van der Waals surface area contributed by atoms with Crippen LogP contribution in [0.1, 0.15) is 25.2 Å². The van der Waals surface area contributed by atoms with Gasteiger partial charge in [-0.1, -0.05) is 6.92 Å². The summed E-state index contributed by atoms with van der Waals surface area (Å²) in [7, 11) is 2.04. The molecule has 96 valence electrons. The van der Waals surface area contributed by atoms with Gasteiger partial charge in [0, 0.05) is 25.6 Å². The standard InChI is InChI=1S/C12H23N5/c1-5-17-11(6-10(3)15-17)8-16(4)7-9(2)12(13)14/h6,9H,5,7-8H2,1-4H3,(H3,13,14). The zero-order chi connectivity index (χ0) is 13.0. The number of rotatable bonds is 6. The van der Waals surface area contributed by atoms with Gasteiger partial charge in [-0.05, 0) is 27.0 Å². The molecule has 1 atom stereocenters. The summed E-state index contributed by atoms with van der Waals surface area (Å²) in [5, 5.41) is 11.8. The predicted molar refractivity (Wildman–Crippen MR) is 70.1 cm³/mol. The van der Waals surface area contributed by atoms with Crippen LogP contribution in [-0.4, -0.2) is 34.1 Å². The van der Waals surface area contributed by atoms with Crippen LogP contribution in [0, 0.1) is 18.3 Å². The Morgan fingerprint density at radius 3 is 2.82 bits per heavy atom. The molecule has 17 heavy (non-hydrogen) atoms. The zero-order valence-electron chi connectivity index (χ0n) is 11.2. The number of aromatic nitrogens is 2. The average molecular weight is 237 g/mol. The highest BCUT2D eigenvalue weighted by atomic mass is 15.3. The molecule has 1 unspecified atom stereocenters. The van der Waals surface area contributed by atoms with Crippen molar-refractivity contribution in [2.24, 2.45) is 11.7 Å². The molecule has 0 aliphatic carbocycles. The van der Waals surface area contributed by atoms with Gasteiger partial charge in [-0.3, -0.25) is 15.0 Å². The molecule has 0 aliphatic heterocycles. The van der Waals surface area contributed by atoms with Crippen molar-refractivity contribution in [1.29, 1.82) is 5.41 Å². The third kappa shape index (κ3) is 3.85. The van der Waals surface area contributed by atoms with Crippen molar-refractivity contribution in [3.05, 3.63) is 17.5 Å². The Hall–Kier alpha value is -1.36. The van der Waals surface area contributed by atoms with E-state index >= 15 is 0 Å². The second-order valence-corrected chi connectivity index (χ2v) is 4.65. The van der Waals surface area contributed by atoms with Crippen molar-refractivity contribution in [3.8, 4) is 0 Å². The minimum atomic E-state index is 0.0964. The van der Waals surface area contributed by atoms with Crippen LogP contribution in [0.3, 0.4) is 0 Å². The Morgan fingerprint density at radius 1 is 1.65 bits per heavy atom. The number of aryl methyl sites for hydroxylation is 2. The van der Waals surface area contributed by atoms with Crippen LogP contribution < -0.4 is 5.73 Å². The van der Waals surface area contributed by atoms with Crippen molar-refractivity contribution in [3.63, 3.8) is 0 Å². The molecule has 0 fully saturated rings. The van der Waals surface area contributed by atoms with Gasteiger partial charge in [0.15, 0.2) is 0 Å². The first-order chi connectivity index (χ1) is 7.93. The van der Waals surface area contributed by atoms with Gasteiger partial charge in [0.25, 0.3) is 0 Å². The number of nitrogens with two attached hydrogens (primary N) is 1. The van der Waals surface area contributed by atoms with Crippen LogP contribution >= 0.6 is 0 Å². The lowest BCUT2D eigenvalue weighted by Crippen LogP contribution is -2.32. The maximum absolute atomic E-state index is 7.39. The fraction of sp³-hybridized carbons (Fsp3) is 0.667. The SMILES string of the molecule is CCn1nc(C)cc1CN(C)CC(C)C(=N)N. The van der Waals surface area contributed by atoms with E-state index in [1.807, 2.05) is 25.6 Å². The Kier molecular flexibility index (Phi) is 4.69. The molecule has 0 saturated carbocycles. The highest BCUT2D eigenvalue weighted by Gasteiger charge is 2.11. The Labute approximate surface area is 103 Å². The van der Waals surface area contributed by atoms with Crippen molar-refractivity contribution < 1.29 is 0 Å². The highest BCUT2D eigenvalue weighted by Crippen LogP contribution is 2.08. The van der Waals surface area contributed by atoms with E-state index in [-0.39, 0.29) is 11.8 Å². The third-order valence-corrected chi connectivity index (χ3v) is 2.83. The minimum Gasteiger partial charge on any atom is -0.387 e. The fourth-order valence-electron chi connectivity index (χ4n) is 1.91. The maximum atomic E-state index is 7.39. The molecular formula is C12H23N5. The fourth-order valence-corrected chi connectivity index (χ4v) is 1.91. The first kappa shape index (κ1) is 13.7. The van der Waals surface area contributed by atoms with Gasteiger partial charge in [0.05, 0.1) is 17.2 Å². The van der Waals surface area contributed by atoms with E-state index < -0.39 is 0 Å². The summed E-state index contributed by atoms with van der Waals surface area (Å²) in [6.07, 6.45) is 0. The molecule has 0 bridgehead atoms. The summed E-state index contributed by atoms with van der Waals surface area (Å²) in [6, 6.07) is 2.11. The predicted octanol–water partition coefficient (Wildman–Crippen LogP) is 1.22.